The molecule has 5 nitrogen and oxygen atoms in total. The lowest BCUT2D eigenvalue weighted by atomic mass is 10.1. The number of hydrogen-bond acceptors (Lipinski definition) is 4. The van der Waals surface area contributed by atoms with Crippen molar-refractivity contribution in [3.8, 4) is 0 Å². The van der Waals surface area contributed by atoms with Crippen LogP contribution in [-0.2, 0) is 30.9 Å². The molecule has 0 aliphatic rings. The molecule has 22 heavy (non-hydrogen) atoms. The summed E-state index contributed by atoms with van der Waals surface area (Å²) in [7, 11) is 3.76. The van der Waals surface area contributed by atoms with E-state index in [1.165, 1.54) is 11.1 Å². The molecule has 6 heteroatoms. The van der Waals surface area contributed by atoms with Crippen molar-refractivity contribution in [1.82, 2.24) is 19.2 Å². The van der Waals surface area contributed by atoms with Crippen LogP contribution in [0, 0.1) is 4.77 Å². The lowest BCUT2D eigenvalue weighted by Crippen LogP contribution is -2.22. The van der Waals surface area contributed by atoms with E-state index in [1.54, 1.807) is 13.4 Å². The standard InChI is InChI=1S/C16H24N4OS/c1-4-14-5-7-15(8-6-14)11-18(2)13-20-16(22)19(12-17-20)9-10-21-3/h5-8,12H,4,9-11,13H2,1-3H3. The molecule has 0 saturated carbocycles. The van der Waals surface area contributed by atoms with Gasteiger partial charge in [-0.2, -0.15) is 5.10 Å². The number of nitrogens with zero attached hydrogens (tertiary/aromatic N) is 4. The summed E-state index contributed by atoms with van der Waals surface area (Å²) >= 11 is 5.44. The lowest BCUT2D eigenvalue weighted by Gasteiger charge is -2.16. The van der Waals surface area contributed by atoms with Crippen LogP contribution < -0.4 is 0 Å². The van der Waals surface area contributed by atoms with E-state index in [0.29, 0.717) is 13.3 Å². The molecule has 0 aliphatic heterocycles. The van der Waals surface area contributed by atoms with Crippen molar-refractivity contribution in [2.24, 2.45) is 0 Å². The molecule has 0 aliphatic carbocycles. The molecule has 0 fully saturated rings. The van der Waals surface area contributed by atoms with Crippen molar-refractivity contribution >= 4 is 12.2 Å². The third-order valence-electron chi connectivity index (χ3n) is 3.59. The van der Waals surface area contributed by atoms with Gasteiger partial charge in [0, 0.05) is 20.2 Å². The molecule has 120 valence electrons. The first kappa shape index (κ1) is 16.9. The maximum atomic E-state index is 5.44. The van der Waals surface area contributed by atoms with E-state index in [0.717, 1.165) is 24.3 Å². The number of benzene rings is 1. The van der Waals surface area contributed by atoms with Crippen LogP contribution in [0.5, 0.6) is 0 Å². The molecular formula is C16H24N4OS. The van der Waals surface area contributed by atoms with Crippen molar-refractivity contribution in [2.75, 3.05) is 20.8 Å². The summed E-state index contributed by atoms with van der Waals surface area (Å²) in [5, 5.41) is 4.36. The highest BCUT2D eigenvalue weighted by Gasteiger charge is 2.06. The number of ether oxygens (including phenoxy) is 1. The number of methoxy groups -OCH3 is 1. The van der Waals surface area contributed by atoms with Crippen LogP contribution in [0.3, 0.4) is 0 Å². The van der Waals surface area contributed by atoms with E-state index in [2.05, 4.69) is 48.2 Å². The zero-order chi connectivity index (χ0) is 15.9. The predicted molar refractivity (Wildman–Crippen MR) is 90.2 cm³/mol. The highest BCUT2D eigenvalue weighted by molar-refractivity contribution is 7.71. The summed E-state index contributed by atoms with van der Waals surface area (Å²) in [6.45, 7) is 5.09. The highest BCUT2D eigenvalue weighted by Crippen LogP contribution is 2.08. The number of rotatable bonds is 8. The van der Waals surface area contributed by atoms with Gasteiger partial charge in [-0.1, -0.05) is 31.2 Å². The normalized spacial score (nSPS) is 11.3. The Bertz CT molecular complexity index is 632. The van der Waals surface area contributed by atoms with Crippen molar-refractivity contribution in [1.29, 1.82) is 0 Å². The van der Waals surface area contributed by atoms with Crippen LogP contribution in [0.1, 0.15) is 18.1 Å². The third-order valence-corrected chi connectivity index (χ3v) is 4.04. The number of aryl methyl sites for hydroxylation is 1. The minimum atomic E-state index is 0.639. The van der Waals surface area contributed by atoms with Gasteiger partial charge in [-0.3, -0.25) is 4.90 Å². The molecule has 0 radical (unpaired) electrons. The monoisotopic (exact) mass is 320 g/mol. The third kappa shape index (κ3) is 4.50. The van der Waals surface area contributed by atoms with E-state index in [9.17, 15) is 0 Å². The second kappa shape index (κ2) is 8.22. The second-order valence-corrected chi connectivity index (χ2v) is 5.79. The summed E-state index contributed by atoms with van der Waals surface area (Å²) < 4.78 is 9.57. The van der Waals surface area contributed by atoms with Gasteiger partial charge in [0.05, 0.1) is 13.3 Å². The van der Waals surface area contributed by atoms with E-state index >= 15 is 0 Å². The summed E-state index contributed by atoms with van der Waals surface area (Å²) in [6.07, 6.45) is 2.84. The van der Waals surface area contributed by atoms with Crippen LogP contribution in [-0.4, -0.2) is 40.0 Å². The molecule has 0 saturated heterocycles. The molecule has 2 aromatic rings. The summed E-state index contributed by atoms with van der Waals surface area (Å²) in [5.74, 6) is 0. The van der Waals surface area contributed by atoms with Gasteiger partial charge in [0.25, 0.3) is 0 Å². The average Bonchev–Trinajstić information content (AvgIpc) is 2.86. The predicted octanol–water partition coefficient (Wildman–Crippen LogP) is 2.71. The molecule has 2 rings (SSSR count). The number of hydrogen-bond donors (Lipinski definition) is 0. The van der Waals surface area contributed by atoms with Crippen LogP contribution >= 0.6 is 12.2 Å². The molecule has 0 bridgehead atoms. The fourth-order valence-electron chi connectivity index (χ4n) is 2.28. The van der Waals surface area contributed by atoms with Gasteiger partial charge in [0.1, 0.15) is 6.33 Å². The Morgan fingerprint density at radius 1 is 1.23 bits per heavy atom. The quantitative estimate of drug-likeness (QED) is 0.701. The Kier molecular flexibility index (Phi) is 6.30. The van der Waals surface area contributed by atoms with Crippen molar-refractivity contribution in [3.05, 3.63) is 46.5 Å². The maximum absolute atomic E-state index is 5.44. The van der Waals surface area contributed by atoms with Crippen molar-refractivity contribution in [3.63, 3.8) is 0 Å². The van der Waals surface area contributed by atoms with Crippen LogP contribution in [0.25, 0.3) is 0 Å². The van der Waals surface area contributed by atoms with Gasteiger partial charge >= 0.3 is 0 Å². The van der Waals surface area contributed by atoms with E-state index in [4.69, 9.17) is 17.0 Å². The van der Waals surface area contributed by atoms with Gasteiger partial charge in [-0.15, -0.1) is 0 Å². The van der Waals surface area contributed by atoms with E-state index in [-0.39, 0.29) is 0 Å². The molecule has 1 aromatic heterocycles. The fourth-order valence-corrected chi connectivity index (χ4v) is 2.53. The molecule has 0 N–H and O–H groups in total. The Hall–Kier alpha value is -1.50. The number of aromatic nitrogens is 3. The zero-order valence-corrected chi connectivity index (χ0v) is 14.3. The Morgan fingerprint density at radius 3 is 2.55 bits per heavy atom. The summed E-state index contributed by atoms with van der Waals surface area (Å²) in [4.78, 5) is 2.20. The summed E-state index contributed by atoms with van der Waals surface area (Å²) in [6, 6.07) is 8.75. The van der Waals surface area contributed by atoms with Crippen molar-refractivity contribution in [2.45, 2.75) is 33.1 Å². The van der Waals surface area contributed by atoms with Crippen molar-refractivity contribution < 1.29 is 4.74 Å². The molecule has 0 unspecified atom stereocenters. The van der Waals surface area contributed by atoms with E-state index in [1.807, 2.05) is 9.25 Å². The largest absolute Gasteiger partial charge is 0.383 e. The van der Waals surface area contributed by atoms with Gasteiger partial charge in [-0.25, -0.2) is 4.68 Å². The van der Waals surface area contributed by atoms with E-state index < -0.39 is 0 Å². The SMILES string of the molecule is CCc1ccc(CN(C)Cn2ncn(CCOC)c2=S)cc1. The maximum Gasteiger partial charge on any atom is 0.198 e. The van der Waals surface area contributed by atoms with Gasteiger partial charge in [-0.05, 0) is 36.8 Å². The van der Waals surface area contributed by atoms with Crippen LogP contribution in [0.4, 0.5) is 0 Å². The smallest absolute Gasteiger partial charge is 0.198 e. The molecule has 1 aromatic carbocycles. The molecule has 0 amide bonds. The zero-order valence-electron chi connectivity index (χ0n) is 13.5. The van der Waals surface area contributed by atoms with Gasteiger partial charge < -0.3 is 9.30 Å². The minimum Gasteiger partial charge on any atom is -0.383 e. The van der Waals surface area contributed by atoms with Gasteiger partial charge in [0.2, 0.25) is 0 Å². The minimum absolute atomic E-state index is 0.639. The van der Waals surface area contributed by atoms with Crippen LogP contribution in [0.2, 0.25) is 0 Å². The molecule has 1 heterocycles. The molecule has 0 atom stereocenters. The first-order valence-electron chi connectivity index (χ1n) is 7.51. The average molecular weight is 320 g/mol. The Morgan fingerprint density at radius 2 is 1.91 bits per heavy atom. The molecular weight excluding hydrogens is 296 g/mol. The topological polar surface area (TPSA) is 35.2 Å². The first-order valence-corrected chi connectivity index (χ1v) is 7.92. The second-order valence-electron chi connectivity index (χ2n) is 5.42. The Labute approximate surface area is 137 Å². The fraction of sp³-hybridized carbons (Fsp3) is 0.500. The lowest BCUT2D eigenvalue weighted by molar-refractivity contribution is 0.186. The van der Waals surface area contributed by atoms with Crippen LogP contribution in [0.15, 0.2) is 30.6 Å². The molecule has 0 spiro atoms. The van der Waals surface area contributed by atoms with Gasteiger partial charge in [0.15, 0.2) is 4.77 Å². The highest BCUT2D eigenvalue weighted by atomic mass is 32.1. The summed E-state index contributed by atoms with van der Waals surface area (Å²) in [5.41, 5.74) is 2.66. The first-order chi connectivity index (χ1) is 10.6. The Balaban J connectivity index is 1.95.